The van der Waals surface area contributed by atoms with Gasteiger partial charge in [-0.25, -0.2) is 0 Å². The van der Waals surface area contributed by atoms with Crippen LogP contribution in [0.1, 0.15) is 54.5 Å². The fourth-order valence-corrected chi connectivity index (χ4v) is 6.13. The number of hydrogen-bond donors (Lipinski definition) is 3. The quantitative estimate of drug-likeness (QED) is 0.213. The zero-order chi connectivity index (χ0) is 28.2. The number of nitrogens with zero attached hydrogens (tertiary/aromatic N) is 3. The van der Waals surface area contributed by atoms with Crippen molar-refractivity contribution in [3.8, 4) is 0 Å². The average Bonchev–Trinajstić information content (AvgIpc) is 3.59. The van der Waals surface area contributed by atoms with Gasteiger partial charge in [0.2, 0.25) is 5.91 Å². The second kappa shape index (κ2) is 12.6. The molecule has 0 spiro atoms. The van der Waals surface area contributed by atoms with E-state index in [2.05, 4.69) is 55.6 Å². The van der Waals surface area contributed by atoms with Gasteiger partial charge >= 0.3 is 0 Å². The standard InChI is InChI=1S/C32H34Cl2N6O/c33-26-11-10-22(16-27(26)34)20-40-30(17-21-6-2-1-3-7-21)38-39-31(40)29(37-32(41)23-12-14-35-15-13-23)18-24-19-36-28-9-5-4-8-25(24)28/h2,4-11,16,19,23,29,35-36H,1,3,12-15,17-18,20H2,(H,37,41)/t29-/m1/s1. The number of allylic oxidation sites excluding steroid dienone is 4. The second-order valence-electron chi connectivity index (χ2n) is 10.9. The van der Waals surface area contributed by atoms with E-state index in [9.17, 15) is 4.79 Å². The number of halogens is 2. The molecule has 0 radical (unpaired) electrons. The van der Waals surface area contributed by atoms with E-state index in [0.29, 0.717) is 29.4 Å². The minimum atomic E-state index is -0.364. The molecule has 1 aliphatic carbocycles. The van der Waals surface area contributed by atoms with Crippen LogP contribution in [-0.4, -0.2) is 38.7 Å². The van der Waals surface area contributed by atoms with Crippen LogP contribution in [0.4, 0.5) is 0 Å². The van der Waals surface area contributed by atoms with Crippen molar-refractivity contribution in [2.45, 2.75) is 51.1 Å². The lowest BCUT2D eigenvalue weighted by Crippen LogP contribution is -2.41. The van der Waals surface area contributed by atoms with Gasteiger partial charge < -0.3 is 20.2 Å². The van der Waals surface area contributed by atoms with E-state index < -0.39 is 0 Å². The largest absolute Gasteiger partial charge is 0.361 e. The molecule has 1 aliphatic heterocycles. The Kier molecular flexibility index (Phi) is 8.56. The monoisotopic (exact) mass is 588 g/mol. The lowest BCUT2D eigenvalue weighted by atomic mass is 9.96. The third kappa shape index (κ3) is 6.43. The van der Waals surface area contributed by atoms with Crippen molar-refractivity contribution in [2.24, 2.45) is 5.92 Å². The molecule has 1 saturated heterocycles. The highest BCUT2D eigenvalue weighted by atomic mass is 35.5. The van der Waals surface area contributed by atoms with Crippen LogP contribution in [0.2, 0.25) is 10.0 Å². The number of piperidine rings is 1. The van der Waals surface area contributed by atoms with E-state index in [4.69, 9.17) is 28.3 Å². The van der Waals surface area contributed by atoms with Crippen LogP contribution >= 0.6 is 23.2 Å². The number of carbonyl (C=O) groups excluding carboxylic acids is 1. The van der Waals surface area contributed by atoms with Crippen molar-refractivity contribution in [3.63, 3.8) is 0 Å². The highest BCUT2D eigenvalue weighted by Gasteiger charge is 2.29. The Morgan fingerprint density at radius 3 is 2.73 bits per heavy atom. The van der Waals surface area contributed by atoms with E-state index in [1.165, 1.54) is 5.57 Å². The molecule has 2 aromatic carbocycles. The highest BCUT2D eigenvalue weighted by molar-refractivity contribution is 6.42. The summed E-state index contributed by atoms with van der Waals surface area (Å²) in [5.41, 5.74) is 4.41. The molecule has 212 valence electrons. The topological polar surface area (TPSA) is 87.6 Å². The Hall–Kier alpha value is -3.39. The number of benzene rings is 2. The number of aromatic nitrogens is 4. The molecular weight excluding hydrogens is 555 g/mol. The number of nitrogens with one attached hydrogen (secondary N) is 3. The van der Waals surface area contributed by atoms with Crippen LogP contribution in [0, 0.1) is 5.92 Å². The maximum atomic E-state index is 13.6. The predicted octanol–water partition coefficient (Wildman–Crippen LogP) is 6.33. The maximum absolute atomic E-state index is 13.6. The van der Waals surface area contributed by atoms with E-state index >= 15 is 0 Å². The normalized spacial score (nSPS) is 16.6. The van der Waals surface area contributed by atoms with Crippen LogP contribution in [0.25, 0.3) is 10.9 Å². The molecule has 3 N–H and O–H groups in total. The van der Waals surface area contributed by atoms with Crippen LogP contribution in [0.5, 0.6) is 0 Å². The second-order valence-corrected chi connectivity index (χ2v) is 11.7. The first kappa shape index (κ1) is 27.8. The van der Waals surface area contributed by atoms with E-state index in [1.54, 1.807) is 0 Å². The van der Waals surface area contributed by atoms with Crippen LogP contribution < -0.4 is 10.6 Å². The first-order chi connectivity index (χ1) is 20.0. The van der Waals surface area contributed by atoms with Gasteiger partial charge in [-0.2, -0.15) is 0 Å². The molecule has 9 heteroatoms. The summed E-state index contributed by atoms with van der Waals surface area (Å²) >= 11 is 12.6. The van der Waals surface area contributed by atoms with Gasteiger partial charge in [-0.3, -0.25) is 4.79 Å². The van der Waals surface area contributed by atoms with Crippen LogP contribution in [0.15, 0.2) is 72.5 Å². The summed E-state index contributed by atoms with van der Waals surface area (Å²) < 4.78 is 2.14. The summed E-state index contributed by atoms with van der Waals surface area (Å²) in [7, 11) is 0. The number of para-hydroxylation sites is 1. The van der Waals surface area contributed by atoms with Gasteiger partial charge in [-0.05, 0) is 73.7 Å². The van der Waals surface area contributed by atoms with Crippen molar-refractivity contribution in [1.82, 2.24) is 30.4 Å². The molecule has 1 fully saturated rings. The SMILES string of the molecule is O=C(N[C@H](Cc1c[nH]c2ccccc12)c1nnc(CC2=CCCC=C2)n1Cc1ccc(Cl)c(Cl)c1)C1CCNCC1. The van der Waals surface area contributed by atoms with Gasteiger partial charge in [0.1, 0.15) is 5.82 Å². The molecule has 4 aromatic rings. The van der Waals surface area contributed by atoms with E-state index in [0.717, 1.165) is 72.5 Å². The molecule has 0 saturated carbocycles. The maximum Gasteiger partial charge on any atom is 0.223 e. The summed E-state index contributed by atoms with van der Waals surface area (Å²) in [6.45, 7) is 2.22. The number of hydrogen-bond acceptors (Lipinski definition) is 4. The average molecular weight is 590 g/mol. The number of rotatable bonds is 9. The molecular formula is C32H34Cl2N6O. The number of amides is 1. The van der Waals surface area contributed by atoms with E-state index in [-0.39, 0.29) is 17.9 Å². The Labute approximate surface area is 250 Å². The fraction of sp³-hybridized carbons (Fsp3) is 0.344. The molecule has 1 atom stereocenters. The molecule has 2 aromatic heterocycles. The zero-order valence-corrected chi connectivity index (χ0v) is 24.4. The Morgan fingerprint density at radius 1 is 1.07 bits per heavy atom. The number of H-pyrrole nitrogens is 1. The van der Waals surface area contributed by atoms with Gasteiger partial charge in [0.15, 0.2) is 5.82 Å². The lowest BCUT2D eigenvalue weighted by Gasteiger charge is -2.26. The highest BCUT2D eigenvalue weighted by Crippen LogP contribution is 2.28. The minimum Gasteiger partial charge on any atom is -0.361 e. The number of fused-ring (bicyclic) bond motifs is 1. The van der Waals surface area contributed by atoms with Crippen molar-refractivity contribution < 1.29 is 4.79 Å². The predicted molar refractivity (Wildman–Crippen MR) is 164 cm³/mol. The molecule has 6 rings (SSSR count). The summed E-state index contributed by atoms with van der Waals surface area (Å²) in [6, 6.07) is 13.6. The molecule has 0 unspecified atom stereocenters. The van der Waals surface area contributed by atoms with Crippen LogP contribution in [0.3, 0.4) is 0 Å². The van der Waals surface area contributed by atoms with E-state index in [1.807, 2.05) is 36.5 Å². The fourth-order valence-electron chi connectivity index (χ4n) is 5.81. The molecule has 41 heavy (non-hydrogen) atoms. The summed E-state index contributed by atoms with van der Waals surface area (Å²) in [6.07, 6.45) is 13.6. The van der Waals surface area contributed by atoms with Gasteiger partial charge in [0.05, 0.1) is 22.6 Å². The number of carbonyl (C=O) groups is 1. The lowest BCUT2D eigenvalue weighted by molar-refractivity contribution is -0.126. The van der Waals surface area contributed by atoms with Gasteiger partial charge in [-0.1, -0.05) is 65.7 Å². The van der Waals surface area contributed by atoms with Crippen molar-refractivity contribution >= 4 is 40.0 Å². The summed E-state index contributed by atoms with van der Waals surface area (Å²) in [5.74, 6) is 1.63. The Morgan fingerprint density at radius 2 is 1.93 bits per heavy atom. The molecule has 0 bridgehead atoms. The van der Waals surface area contributed by atoms with Crippen LogP contribution in [-0.2, 0) is 24.2 Å². The Balaban J connectivity index is 1.39. The van der Waals surface area contributed by atoms with Gasteiger partial charge in [0.25, 0.3) is 0 Å². The Bertz CT molecular complexity index is 1600. The molecule has 3 heterocycles. The summed E-state index contributed by atoms with van der Waals surface area (Å²) in [4.78, 5) is 17.0. The third-order valence-electron chi connectivity index (χ3n) is 8.05. The van der Waals surface area contributed by atoms with Gasteiger partial charge in [-0.15, -0.1) is 10.2 Å². The molecule has 2 aliphatic rings. The van der Waals surface area contributed by atoms with Crippen molar-refractivity contribution in [2.75, 3.05) is 13.1 Å². The van der Waals surface area contributed by atoms with Crippen molar-refractivity contribution in [1.29, 1.82) is 0 Å². The summed E-state index contributed by atoms with van der Waals surface area (Å²) in [5, 5.41) is 18.3. The third-order valence-corrected chi connectivity index (χ3v) is 8.79. The first-order valence-electron chi connectivity index (χ1n) is 14.3. The first-order valence-corrected chi connectivity index (χ1v) is 15.1. The minimum absolute atomic E-state index is 0.0230. The molecule has 1 amide bonds. The zero-order valence-electron chi connectivity index (χ0n) is 22.9. The van der Waals surface area contributed by atoms with Gasteiger partial charge in [0, 0.05) is 35.9 Å². The smallest absolute Gasteiger partial charge is 0.223 e. The number of aromatic amines is 1. The molecule has 7 nitrogen and oxygen atoms in total. The van der Waals surface area contributed by atoms with Crippen molar-refractivity contribution in [3.05, 3.63) is 105 Å².